The smallest absolute Gasteiger partial charge is 0.158 e. The molecule has 76 valence electrons. The summed E-state index contributed by atoms with van der Waals surface area (Å²) in [6, 6.07) is 0. The maximum Gasteiger partial charge on any atom is 0.158 e. The predicted octanol–water partition coefficient (Wildman–Crippen LogP) is 3.10. The van der Waals surface area contributed by atoms with Crippen LogP contribution in [0.25, 0.3) is 0 Å². The van der Waals surface area contributed by atoms with Crippen LogP contribution in [0.2, 0.25) is 0 Å². The molecule has 2 saturated carbocycles. The van der Waals surface area contributed by atoms with E-state index < -0.39 is 0 Å². The van der Waals surface area contributed by atoms with Crippen LogP contribution >= 0.6 is 0 Å². The molecule has 3 aliphatic rings. The number of allylic oxidation sites excluding steroid dienone is 2. The van der Waals surface area contributed by atoms with Gasteiger partial charge in [-0.2, -0.15) is 0 Å². The molecule has 1 unspecified atom stereocenters. The molecule has 0 N–H and O–H groups in total. The van der Waals surface area contributed by atoms with Crippen LogP contribution in [-0.4, -0.2) is 5.78 Å². The standard InChI is InChI=1S/C13H18O/c1-9-3-2-4-11-7-12(14)10-5-6-13(9,11)8-10/h7,9-10H,2-6,8H2,1H3/t9?,10-,13+/m0/s1. The van der Waals surface area contributed by atoms with Crippen LogP contribution < -0.4 is 0 Å². The molecular weight excluding hydrogens is 172 g/mol. The van der Waals surface area contributed by atoms with Gasteiger partial charge in [0.1, 0.15) is 0 Å². The molecule has 0 aromatic rings. The Morgan fingerprint density at radius 3 is 3.14 bits per heavy atom. The van der Waals surface area contributed by atoms with Crippen LogP contribution in [0.5, 0.6) is 0 Å². The summed E-state index contributed by atoms with van der Waals surface area (Å²) in [5.74, 6) is 1.64. The summed E-state index contributed by atoms with van der Waals surface area (Å²) < 4.78 is 0. The summed E-state index contributed by atoms with van der Waals surface area (Å²) >= 11 is 0. The molecule has 3 atom stereocenters. The SMILES string of the molecule is CC1CCCC2=CC(=O)[C@H]3CC[C@]21C3. The number of ketones is 1. The minimum Gasteiger partial charge on any atom is -0.295 e. The summed E-state index contributed by atoms with van der Waals surface area (Å²) in [6.07, 6.45) is 9.50. The Morgan fingerprint density at radius 2 is 2.29 bits per heavy atom. The van der Waals surface area contributed by atoms with Gasteiger partial charge in [0.15, 0.2) is 5.78 Å². The van der Waals surface area contributed by atoms with Crippen LogP contribution in [0, 0.1) is 17.3 Å². The van der Waals surface area contributed by atoms with Crippen molar-refractivity contribution in [3.63, 3.8) is 0 Å². The van der Waals surface area contributed by atoms with Crippen LogP contribution in [0.1, 0.15) is 45.4 Å². The first-order valence-electron chi connectivity index (χ1n) is 5.97. The third-order valence-corrected chi connectivity index (χ3v) is 4.93. The maximum atomic E-state index is 11.7. The van der Waals surface area contributed by atoms with E-state index in [0.717, 1.165) is 12.3 Å². The fraction of sp³-hybridized carbons (Fsp3) is 0.769. The summed E-state index contributed by atoms with van der Waals surface area (Å²) in [7, 11) is 0. The molecule has 0 saturated heterocycles. The Labute approximate surface area is 85.6 Å². The van der Waals surface area contributed by atoms with Crippen LogP contribution in [0.15, 0.2) is 11.6 Å². The lowest BCUT2D eigenvalue weighted by Crippen LogP contribution is -2.35. The Bertz CT molecular complexity index is 315. The third-order valence-electron chi connectivity index (χ3n) is 4.93. The fourth-order valence-corrected chi connectivity index (χ4v) is 4.00. The topological polar surface area (TPSA) is 17.1 Å². The molecular formula is C13H18O. The van der Waals surface area contributed by atoms with Gasteiger partial charge in [-0.1, -0.05) is 12.5 Å². The first kappa shape index (κ1) is 8.70. The number of carbonyl (C=O) groups excluding carboxylic acids is 1. The highest BCUT2D eigenvalue weighted by molar-refractivity contribution is 5.94. The number of hydrogen-bond donors (Lipinski definition) is 0. The molecule has 0 heterocycles. The number of carbonyl (C=O) groups is 1. The van der Waals surface area contributed by atoms with Crippen molar-refractivity contribution in [1.82, 2.24) is 0 Å². The molecule has 0 radical (unpaired) electrons. The van der Waals surface area contributed by atoms with Crippen LogP contribution in [0.3, 0.4) is 0 Å². The molecule has 0 aliphatic heterocycles. The largest absolute Gasteiger partial charge is 0.295 e. The maximum absolute atomic E-state index is 11.7. The number of rotatable bonds is 0. The van der Waals surface area contributed by atoms with Crippen LogP contribution in [0.4, 0.5) is 0 Å². The molecule has 1 nitrogen and oxygen atoms in total. The molecule has 1 heteroatoms. The van der Waals surface area contributed by atoms with Gasteiger partial charge >= 0.3 is 0 Å². The predicted molar refractivity (Wildman–Crippen MR) is 55.9 cm³/mol. The average molecular weight is 190 g/mol. The Hall–Kier alpha value is -0.590. The van der Waals surface area contributed by atoms with Crippen molar-refractivity contribution in [2.75, 3.05) is 0 Å². The van der Waals surface area contributed by atoms with Gasteiger partial charge in [-0.05, 0) is 55.9 Å². The van der Waals surface area contributed by atoms with E-state index in [1.807, 2.05) is 6.08 Å². The molecule has 0 aromatic carbocycles. The first-order valence-corrected chi connectivity index (χ1v) is 5.97. The van der Waals surface area contributed by atoms with Crippen molar-refractivity contribution in [3.05, 3.63) is 11.6 Å². The Kier molecular flexibility index (Phi) is 1.68. The molecule has 3 rings (SSSR count). The second kappa shape index (κ2) is 2.71. The van der Waals surface area contributed by atoms with Crippen molar-refractivity contribution < 1.29 is 4.79 Å². The van der Waals surface area contributed by atoms with E-state index in [-0.39, 0.29) is 0 Å². The van der Waals surface area contributed by atoms with Crippen LogP contribution in [-0.2, 0) is 4.79 Å². The highest BCUT2D eigenvalue weighted by Crippen LogP contribution is 2.59. The lowest BCUT2D eigenvalue weighted by Gasteiger charge is -2.44. The zero-order valence-electron chi connectivity index (χ0n) is 8.88. The lowest BCUT2D eigenvalue weighted by atomic mass is 9.60. The first-order chi connectivity index (χ1) is 6.72. The minimum absolute atomic E-state index is 0.388. The van der Waals surface area contributed by atoms with Gasteiger partial charge in [-0.3, -0.25) is 4.79 Å². The fourth-order valence-electron chi connectivity index (χ4n) is 4.00. The number of fused-ring (bicyclic) bond motifs is 1. The third kappa shape index (κ3) is 0.933. The van der Waals surface area contributed by atoms with Crippen molar-refractivity contribution in [2.45, 2.75) is 45.4 Å². The summed E-state index contributed by atoms with van der Waals surface area (Å²) in [4.78, 5) is 11.7. The molecule has 14 heavy (non-hydrogen) atoms. The van der Waals surface area contributed by atoms with E-state index in [4.69, 9.17) is 0 Å². The van der Waals surface area contributed by atoms with Gasteiger partial charge in [0.05, 0.1) is 0 Å². The summed E-state index contributed by atoms with van der Waals surface area (Å²) in [5, 5.41) is 0. The van der Waals surface area contributed by atoms with Crippen molar-refractivity contribution in [3.8, 4) is 0 Å². The average Bonchev–Trinajstić information content (AvgIpc) is 2.54. The zero-order chi connectivity index (χ0) is 9.76. The second-order valence-corrected chi connectivity index (χ2v) is 5.46. The number of hydrogen-bond acceptors (Lipinski definition) is 1. The van der Waals surface area contributed by atoms with Crippen molar-refractivity contribution in [2.24, 2.45) is 17.3 Å². The molecule has 0 amide bonds. The van der Waals surface area contributed by atoms with Gasteiger partial charge in [0.25, 0.3) is 0 Å². The van der Waals surface area contributed by atoms with E-state index in [0.29, 0.717) is 17.1 Å². The van der Waals surface area contributed by atoms with E-state index >= 15 is 0 Å². The molecule has 2 fully saturated rings. The highest BCUT2D eigenvalue weighted by atomic mass is 16.1. The molecule has 3 aliphatic carbocycles. The van der Waals surface area contributed by atoms with Gasteiger partial charge < -0.3 is 0 Å². The molecule has 0 aromatic heterocycles. The highest BCUT2D eigenvalue weighted by Gasteiger charge is 2.51. The van der Waals surface area contributed by atoms with E-state index in [1.54, 1.807) is 0 Å². The van der Waals surface area contributed by atoms with E-state index in [1.165, 1.54) is 37.7 Å². The normalized spacial score (nSPS) is 46.1. The quantitative estimate of drug-likeness (QED) is 0.573. The second-order valence-electron chi connectivity index (χ2n) is 5.46. The van der Waals surface area contributed by atoms with Crippen molar-refractivity contribution in [1.29, 1.82) is 0 Å². The Morgan fingerprint density at radius 1 is 1.43 bits per heavy atom. The zero-order valence-corrected chi connectivity index (χ0v) is 8.88. The van der Waals surface area contributed by atoms with E-state index in [2.05, 4.69) is 6.92 Å². The summed E-state index contributed by atoms with van der Waals surface area (Å²) in [6.45, 7) is 2.39. The monoisotopic (exact) mass is 190 g/mol. The van der Waals surface area contributed by atoms with E-state index in [9.17, 15) is 4.79 Å². The van der Waals surface area contributed by atoms with Gasteiger partial charge in [-0.25, -0.2) is 0 Å². The lowest BCUT2D eigenvalue weighted by molar-refractivity contribution is -0.119. The summed E-state index contributed by atoms with van der Waals surface area (Å²) in [5.41, 5.74) is 1.98. The van der Waals surface area contributed by atoms with Gasteiger partial charge in [-0.15, -0.1) is 0 Å². The Balaban J connectivity index is 2.07. The minimum atomic E-state index is 0.388. The molecule has 2 bridgehead atoms. The molecule has 1 spiro atoms. The van der Waals surface area contributed by atoms with Gasteiger partial charge in [0.2, 0.25) is 0 Å². The van der Waals surface area contributed by atoms with Gasteiger partial charge in [0, 0.05) is 5.92 Å². The van der Waals surface area contributed by atoms with Crippen molar-refractivity contribution >= 4 is 5.78 Å².